The Labute approximate surface area is 154 Å². The minimum Gasteiger partial charge on any atom is -0.484 e. The first-order chi connectivity index (χ1) is 12.6. The molecular weight excluding hydrogens is 358 g/mol. The molecule has 1 fully saturated rings. The quantitative estimate of drug-likeness (QED) is 0.691. The number of rotatable bonds is 6. The maximum Gasteiger partial charge on any atom is 0.249 e. The van der Waals surface area contributed by atoms with Gasteiger partial charge in [0, 0.05) is 35.2 Å². The van der Waals surface area contributed by atoms with Crippen LogP contribution in [0.2, 0.25) is 5.02 Å². The van der Waals surface area contributed by atoms with Gasteiger partial charge in [-0.2, -0.15) is 0 Å². The average molecular weight is 376 g/mol. The molecule has 8 heteroatoms. The number of halogens is 1. The predicted molar refractivity (Wildman–Crippen MR) is 95.1 cm³/mol. The largest absolute Gasteiger partial charge is 0.484 e. The van der Waals surface area contributed by atoms with Gasteiger partial charge in [0.25, 0.3) is 0 Å². The Kier molecular flexibility index (Phi) is 4.57. The smallest absolute Gasteiger partial charge is 0.249 e. The molecule has 1 atom stereocenters. The van der Waals surface area contributed by atoms with E-state index >= 15 is 0 Å². The van der Waals surface area contributed by atoms with Crippen molar-refractivity contribution in [3.63, 3.8) is 0 Å². The molecular formula is C18H18ClN3O4. The SMILES string of the molecule is Cc1cc(COc2cc3[nH]c(CNC(=O)[C@H]4CCO4)cc3cc2Cl)on1. The van der Waals surface area contributed by atoms with Crippen molar-refractivity contribution >= 4 is 28.4 Å². The minimum absolute atomic E-state index is 0.0840. The molecule has 0 aliphatic carbocycles. The van der Waals surface area contributed by atoms with Crippen molar-refractivity contribution in [3.05, 3.63) is 46.4 Å². The molecule has 1 aliphatic rings. The molecule has 2 aromatic heterocycles. The Morgan fingerprint density at radius 2 is 2.27 bits per heavy atom. The number of aromatic amines is 1. The van der Waals surface area contributed by atoms with E-state index in [1.165, 1.54) is 0 Å². The van der Waals surface area contributed by atoms with Crippen LogP contribution in [0, 0.1) is 6.92 Å². The number of hydrogen-bond acceptors (Lipinski definition) is 5. The van der Waals surface area contributed by atoms with E-state index in [4.69, 9.17) is 25.6 Å². The number of aromatic nitrogens is 2. The molecule has 1 aliphatic heterocycles. The number of carbonyl (C=O) groups is 1. The van der Waals surface area contributed by atoms with E-state index in [0.29, 0.717) is 29.7 Å². The number of hydrogen-bond donors (Lipinski definition) is 2. The van der Waals surface area contributed by atoms with Gasteiger partial charge >= 0.3 is 0 Å². The molecule has 3 aromatic rings. The van der Waals surface area contributed by atoms with Gasteiger partial charge in [0.05, 0.1) is 23.9 Å². The third-order valence-electron chi connectivity index (χ3n) is 4.22. The molecule has 1 saturated heterocycles. The third kappa shape index (κ3) is 3.54. The van der Waals surface area contributed by atoms with Crippen LogP contribution in [-0.4, -0.2) is 28.8 Å². The summed E-state index contributed by atoms with van der Waals surface area (Å²) in [7, 11) is 0. The van der Waals surface area contributed by atoms with Crippen LogP contribution in [0.15, 0.2) is 28.8 Å². The first kappa shape index (κ1) is 16.9. The maximum absolute atomic E-state index is 11.8. The third-order valence-corrected chi connectivity index (χ3v) is 4.52. The highest BCUT2D eigenvalue weighted by Crippen LogP contribution is 2.31. The lowest BCUT2D eigenvalue weighted by atomic mass is 10.2. The number of H-pyrrole nitrogens is 1. The second kappa shape index (κ2) is 7.01. The number of amides is 1. The molecule has 1 aromatic carbocycles. The molecule has 0 radical (unpaired) electrons. The number of nitrogens with zero attached hydrogens (tertiary/aromatic N) is 1. The summed E-state index contributed by atoms with van der Waals surface area (Å²) in [5.41, 5.74) is 2.56. The summed E-state index contributed by atoms with van der Waals surface area (Å²) in [5.74, 6) is 1.10. The number of ether oxygens (including phenoxy) is 2. The monoisotopic (exact) mass is 375 g/mol. The summed E-state index contributed by atoms with van der Waals surface area (Å²) in [6.45, 7) is 3.15. The van der Waals surface area contributed by atoms with E-state index in [-0.39, 0.29) is 18.6 Å². The summed E-state index contributed by atoms with van der Waals surface area (Å²) in [6.07, 6.45) is 0.466. The molecule has 0 spiro atoms. The van der Waals surface area contributed by atoms with Crippen molar-refractivity contribution in [1.82, 2.24) is 15.5 Å². The lowest BCUT2D eigenvalue weighted by Gasteiger charge is -2.24. The summed E-state index contributed by atoms with van der Waals surface area (Å²) in [6, 6.07) is 7.43. The van der Waals surface area contributed by atoms with Crippen molar-refractivity contribution in [1.29, 1.82) is 0 Å². The zero-order chi connectivity index (χ0) is 18.1. The summed E-state index contributed by atoms with van der Waals surface area (Å²) in [5, 5.41) is 8.14. The topological polar surface area (TPSA) is 89.4 Å². The Bertz CT molecular complexity index is 945. The molecule has 136 valence electrons. The molecule has 0 bridgehead atoms. The molecule has 3 heterocycles. The second-order valence-corrected chi connectivity index (χ2v) is 6.66. The first-order valence-electron chi connectivity index (χ1n) is 8.34. The van der Waals surface area contributed by atoms with Crippen LogP contribution in [0.4, 0.5) is 0 Å². The van der Waals surface area contributed by atoms with E-state index in [1.54, 1.807) is 0 Å². The second-order valence-electron chi connectivity index (χ2n) is 6.25. The highest BCUT2D eigenvalue weighted by atomic mass is 35.5. The molecule has 0 saturated carbocycles. The lowest BCUT2D eigenvalue weighted by molar-refractivity contribution is -0.145. The number of nitrogens with one attached hydrogen (secondary N) is 2. The Balaban J connectivity index is 1.44. The van der Waals surface area contributed by atoms with Gasteiger partial charge in [-0.1, -0.05) is 16.8 Å². The fourth-order valence-electron chi connectivity index (χ4n) is 2.77. The molecule has 4 rings (SSSR count). The Morgan fingerprint density at radius 3 is 2.96 bits per heavy atom. The van der Waals surface area contributed by atoms with Crippen LogP contribution in [0.1, 0.15) is 23.6 Å². The average Bonchev–Trinajstić information content (AvgIpc) is 3.14. The highest BCUT2D eigenvalue weighted by Gasteiger charge is 2.25. The summed E-state index contributed by atoms with van der Waals surface area (Å²) in [4.78, 5) is 15.1. The van der Waals surface area contributed by atoms with Crippen LogP contribution < -0.4 is 10.1 Å². The van der Waals surface area contributed by atoms with E-state index in [1.807, 2.05) is 31.2 Å². The van der Waals surface area contributed by atoms with E-state index < -0.39 is 0 Å². The van der Waals surface area contributed by atoms with Crippen LogP contribution in [0.25, 0.3) is 10.9 Å². The number of carbonyl (C=O) groups excluding carboxylic acids is 1. The van der Waals surface area contributed by atoms with E-state index in [0.717, 1.165) is 28.7 Å². The number of fused-ring (bicyclic) bond motifs is 1. The highest BCUT2D eigenvalue weighted by molar-refractivity contribution is 6.32. The Morgan fingerprint density at radius 1 is 1.42 bits per heavy atom. The molecule has 7 nitrogen and oxygen atoms in total. The van der Waals surface area contributed by atoms with Gasteiger partial charge in [-0.15, -0.1) is 0 Å². The van der Waals surface area contributed by atoms with E-state index in [2.05, 4.69) is 15.5 Å². The summed E-state index contributed by atoms with van der Waals surface area (Å²) >= 11 is 6.31. The number of benzene rings is 1. The van der Waals surface area contributed by atoms with Crippen molar-refractivity contribution in [2.45, 2.75) is 32.6 Å². The first-order valence-corrected chi connectivity index (χ1v) is 8.72. The zero-order valence-electron chi connectivity index (χ0n) is 14.2. The van der Waals surface area contributed by atoms with Crippen molar-refractivity contribution < 1.29 is 18.8 Å². The van der Waals surface area contributed by atoms with Crippen molar-refractivity contribution in [2.24, 2.45) is 0 Å². The normalized spacial score (nSPS) is 16.5. The van der Waals surface area contributed by atoms with Gasteiger partial charge in [-0.05, 0) is 19.1 Å². The van der Waals surface area contributed by atoms with Gasteiger partial charge in [-0.3, -0.25) is 4.79 Å². The van der Waals surface area contributed by atoms with Crippen LogP contribution in [0.5, 0.6) is 5.75 Å². The standard InChI is InChI=1S/C18H18ClN3O4/c1-10-4-13(26-22-10)9-25-17-7-15-11(6-14(17)19)5-12(21-15)8-20-18(23)16-2-3-24-16/h4-7,16,21H,2-3,8-9H2,1H3,(H,20,23)/t16-/m1/s1. The van der Waals surface area contributed by atoms with Crippen LogP contribution in [-0.2, 0) is 22.7 Å². The van der Waals surface area contributed by atoms with Gasteiger partial charge in [0.1, 0.15) is 18.5 Å². The zero-order valence-corrected chi connectivity index (χ0v) is 14.9. The van der Waals surface area contributed by atoms with Gasteiger partial charge in [0.15, 0.2) is 5.76 Å². The Hall–Kier alpha value is -2.51. The van der Waals surface area contributed by atoms with Gasteiger partial charge in [-0.25, -0.2) is 0 Å². The van der Waals surface area contributed by atoms with Gasteiger partial charge in [0.2, 0.25) is 5.91 Å². The molecule has 1 amide bonds. The predicted octanol–water partition coefficient (Wildman–Crippen LogP) is 3.10. The van der Waals surface area contributed by atoms with Crippen LogP contribution >= 0.6 is 11.6 Å². The molecule has 26 heavy (non-hydrogen) atoms. The molecule has 2 N–H and O–H groups in total. The van der Waals surface area contributed by atoms with Crippen LogP contribution in [0.3, 0.4) is 0 Å². The van der Waals surface area contributed by atoms with Gasteiger partial charge < -0.3 is 24.3 Å². The van der Waals surface area contributed by atoms with E-state index in [9.17, 15) is 4.79 Å². The fourth-order valence-corrected chi connectivity index (χ4v) is 3.00. The number of aryl methyl sites for hydroxylation is 1. The maximum atomic E-state index is 11.8. The fraction of sp³-hybridized carbons (Fsp3) is 0.333. The van der Waals surface area contributed by atoms with Crippen molar-refractivity contribution in [3.8, 4) is 5.75 Å². The van der Waals surface area contributed by atoms with Crippen molar-refractivity contribution in [2.75, 3.05) is 6.61 Å². The molecule has 0 unspecified atom stereocenters. The summed E-state index contributed by atoms with van der Waals surface area (Å²) < 4.78 is 16.0. The minimum atomic E-state index is -0.312. The lowest BCUT2D eigenvalue weighted by Crippen LogP contribution is -2.42.